The highest BCUT2D eigenvalue weighted by Crippen LogP contribution is 2.32. The van der Waals surface area contributed by atoms with Crippen LogP contribution in [0.4, 0.5) is 0 Å². The minimum Gasteiger partial charge on any atom is -0.369 e. The molecule has 0 bridgehead atoms. The third-order valence-corrected chi connectivity index (χ3v) is 3.87. The van der Waals surface area contributed by atoms with Gasteiger partial charge in [0.1, 0.15) is 0 Å². The maximum absolute atomic E-state index is 11.4. The van der Waals surface area contributed by atoms with Crippen LogP contribution in [-0.4, -0.2) is 35.5 Å². The molecule has 0 aromatic rings. The number of carbonyl (C=O) groups excluding carboxylic acids is 1. The number of carbonyl (C=O) groups is 1. The fourth-order valence-corrected chi connectivity index (χ4v) is 3.46. The van der Waals surface area contributed by atoms with Crippen LogP contribution in [0.5, 0.6) is 0 Å². The molecular weight excluding hydrogens is 226 g/mol. The first kappa shape index (κ1) is 15.4. The van der Waals surface area contributed by atoms with E-state index in [-0.39, 0.29) is 23.4 Å². The Balaban J connectivity index is 2.93. The molecule has 0 radical (unpaired) electrons. The quantitative estimate of drug-likeness (QED) is 0.781. The highest BCUT2D eigenvalue weighted by molar-refractivity contribution is 5.76. The van der Waals surface area contributed by atoms with Gasteiger partial charge >= 0.3 is 0 Å². The zero-order valence-corrected chi connectivity index (χ0v) is 12.3. The molecular formula is C14H29N3O. The smallest absolute Gasteiger partial charge is 0.231 e. The summed E-state index contributed by atoms with van der Waals surface area (Å²) in [6.45, 7) is 8.91. The lowest BCUT2D eigenvalue weighted by Crippen LogP contribution is -2.58. The van der Waals surface area contributed by atoms with Crippen LogP contribution in [-0.2, 0) is 4.79 Å². The van der Waals surface area contributed by atoms with E-state index in [1.807, 2.05) is 6.92 Å². The first-order valence-electron chi connectivity index (χ1n) is 7.03. The number of rotatable bonds is 5. The number of nitrogens with zero attached hydrogens (tertiary/aromatic N) is 1. The van der Waals surface area contributed by atoms with Gasteiger partial charge in [0.15, 0.2) is 0 Å². The molecule has 106 valence electrons. The molecule has 1 aliphatic rings. The van der Waals surface area contributed by atoms with E-state index in [1.165, 1.54) is 12.8 Å². The van der Waals surface area contributed by atoms with E-state index in [9.17, 15) is 4.79 Å². The highest BCUT2D eigenvalue weighted by Gasteiger charge is 2.38. The third-order valence-electron chi connectivity index (χ3n) is 3.87. The molecule has 18 heavy (non-hydrogen) atoms. The Hall–Kier alpha value is -0.610. The van der Waals surface area contributed by atoms with Crippen LogP contribution in [0.25, 0.3) is 0 Å². The largest absolute Gasteiger partial charge is 0.369 e. The number of primary amides is 1. The summed E-state index contributed by atoms with van der Waals surface area (Å²) in [5.41, 5.74) is 11.6. The van der Waals surface area contributed by atoms with Gasteiger partial charge < -0.3 is 11.5 Å². The van der Waals surface area contributed by atoms with Crippen molar-refractivity contribution in [2.24, 2.45) is 16.9 Å². The monoisotopic (exact) mass is 255 g/mol. The molecule has 4 N–H and O–H groups in total. The summed E-state index contributed by atoms with van der Waals surface area (Å²) < 4.78 is 0. The van der Waals surface area contributed by atoms with E-state index in [2.05, 4.69) is 25.7 Å². The Morgan fingerprint density at radius 2 is 1.83 bits per heavy atom. The van der Waals surface area contributed by atoms with Crippen LogP contribution in [0.1, 0.15) is 53.4 Å². The molecule has 4 heteroatoms. The number of hydrogen-bond acceptors (Lipinski definition) is 3. The maximum atomic E-state index is 11.4. The lowest BCUT2D eigenvalue weighted by atomic mass is 9.81. The molecule has 0 aromatic carbocycles. The molecule has 0 aromatic heterocycles. The van der Waals surface area contributed by atoms with E-state index in [0.29, 0.717) is 12.6 Å². The average molecular weight is 255 g/mol. The SMILES string of the molecule is CC(N)C(N(CC(N)=O)C1CCCC1)C(C)(C)C. The Morgan fingerprint density at radius 3 is 2.17 bits per heavy atom. The van der Waals surface area contributed by atoms with Crippen LogP contribution >= 0.6 is 0 Å². The van der Waals surface area contributed by atoms with Crippen LogP contribution < -0.4 is 11.5 Å². The summed E-state index contributed by atoms with van der Waals surface area (Å²) in [5.74, 6) is -0.253. The van der Waals surface area contributed by atoms with E-state index in [4.69, 9.17) is 11.5 Å². The minimum atomic E-state index is -0.253. The summed E-state index contributed by atoms with van der Waals surface area (Å²) in [7, 11) is 0. The van der Waals surface area contributed by atoms with Crippen molar-refractivity contribution in [3.63, 3.8) is 0 Å². The van der Waals surface area contributed by atoms with Crippen molar-refractivity contribution in [3.05, 3.63) is 0 Å². The zero-order valence-electron chi connectivity index (χ0n) is 12.3. The van der Waals surface area contributed by atoms with Crippen molar-refractivity contribution in [1.29, 1.82) is 0 Å². The predicted molar refractivity (Wildman–Crippen MR) is 75.0 cm³/mol. The molecule has 4 nitrogen and oxygen atoms in total. The van der Waals surface area contributed by atoms with Crippen molar-refractivity contribution in [3.8, 4) is 0 Å². The van der Waals surface area contributed by atoms with Gasteiger partial charge in [-0.1, -0.05) is 33.6 Å². The van der Waals surface area contributed by atoms with Crippen LogP contribution in [0.3, 0.4) is 0 Å². The molecule has 1 fully saturated rings. The van der Waals surface area contributed by atoms with Gasteiger partial charge in [0.05, 0.1) is 6.54 Å². The molecule has 1 rings (SSSR count). The second-order valence-electron chi connectivity index (χ2n) is 6.75. The molecule has 1 aliphatic carbocycles. The van der Waals surface area contributed by atoms with Crippen molar-refractivity contribution in [2.45, 2.75) is 71.5 Å². The van der Waals surface area contributed by atoms with Gasteiger partial charge in [0.2, 0.25) is 5.91 Å². The molecule has 2 unspecified atom stereocenters. The molecule has 0 heterocycles. The van der Waals surface area contributed by atoms with E-state index in [1.54, 1.807) is 0 Å². The fraction of sp³-hybridized carbons (Fsp3) is 0.929. The van der Waals surface area contributed by atoms with Gasteiger partial charge in [-0.15, -0.1) is 0 Å². The van der Waals surface area contributed by atoms with Crippen LogP contribution in [0.15, 0.2) is 0 Å². The number of nitrogens with two attached hydrogens (primary N) is 2. The zero-order chi connectivity index (χ0) is 13.9. The van der Waals surface area contributed by atoms with Crippen LogP contribution in [0, 0.1) is 5.41 Å². The minimum absolute atomic E-state index is 0.0324. The second kappa shape index (κ2) is 6.02. The Bertz CT molecular complexity index is 277. The highest BCUT2D eigenvalue weighted by atomic mass is 16.1. The van der Waals surface area contributed by atoms with E-state index < -0.39 is 0 Å². The van der Waals surface area contributed by atoms with E-state index >= 15 is 0 Å². The average Bonchev–Trinajstić information content (AvgIpc) is 2.64. The summed E-state index contributed by atoms with van der Waals surface area (Å²) in [6, 6.07) is 0.686. The van der Waals surface area contributed by atoms with Gasteiger partial charge in [-0.2, -0.15) is 0 Å². The van der Waals surface area contributed by atoms with Crippen molar-refractivity contribution >= 4 is 5.91 Å². The molecule has 2 atom stereocenters. The normalized spacial score (nSPS) is 21.2. The van der Waals surface area contributed by atoms with Crippen molar-refractivity contribution in [1.82, 2.24) is 4.90 Å². The third kappa shape index (κ3) is 3.95. The van der Waals surface area contributed by atoms with Crippen LogP contribution in [0.2, 0.25) is 0 Å². The number of hydrogen-bond donors (Lipinski definition) is 2. The summed E-state index contributed by atoms with van der Waals surface area (Å²) in [6.07, 6.45) is 4.81. The Morgan fingerprint density at radius 1 is 1.33 bits per heavy atom. The first-order chi connectivity index (χ1) is 8.23. The van der Waals surface area contributed by atoms with E-state index in [0.717, 1.165) is 12.8 Å². The molecule has 1 saturated carbocycles. The van der Waals surface area contributed by atoms with Gasteiger partial charge in [0.25, 0.3) is 0 Å². The van der Waals surface area contributed by atoms with Gasteiger partial charge in [0, 0.05) is 18.1 Å². The standard InChI is InChI=1S/C14H29N3O/c1-10(15)13(14(2,3)4)17(9-12(16)18)11-7-5-6-8-11/h10-11,13H,5-9,15H2,1-4H3,(H2,16,18). The maximum Gasteiger partial charge on any atom is 0.231 e. The van der Waals surface area contributed by atoms with Crippen molar-refractivity contribution < 1.29 is 4.79 Å². The molecule has 0 saturated heterocycles. The van der Waals surface area contributed by atoms with Gasteiger partial charge in [-0.05, 0) is 25.2 Å². The predicted octanol–water partition coefficient (Wildman–Crippen LogP) is 1.48. The lowest BCUT2D eigenvalue weighted by Gasteiger charge is -2.45. The van der Waals surface area contributed by atoms with Crippen molar-refractivity contribution in [2.75, 3.05) is 6.54 Å². The summed E-state index contributed by atoms with van der Waals surface area (Å²) in [5, 5.41) is 0. The van der Waals surface area contributed by atoms with Gasteiger partial charge in [-0.25, -0.2) is 0 Å². The van der Waals surface area contributed by atoms with Gasteiger partial charge in [-0.3, -0.25) is 9.69 Å². The second-order valence-corrected chi connectivity index (χ2v) is 6.75. The first-order valence-corrected chi connectivity index (χ1v) is 7.03. The molecule has 0 aliphatic heterocycles. The fourth-order valence-electron chi connectivity index (χ4n) is 3.46. The molecule has 1 amide bonds. The Labute approximate surface area is 111 Å². The lowest BCUT2D eigenvalue weighted by molar-refractivity contribution is -0.121. The molecule has 0 spiro atoms. The Kier molecular flexibility index (Phi) is 5.17. The summed E-state index contributed by atoms with van der Waals surface area (Å²) >= 11 is 0. The topological polar surface area (TPSA) is 72.3 Å². The number of amides is 1. The summed E-state index contributed by atoms with van der Waals surface area (Å²) in [4.78, 5) is 13.6.